The van der Waals surface area contributed by atoms with Crippen LogP contribution in [-0.4, -0.2) is 46.4 Å². The van der Waals surface area contributed by atoms with E-state index in [9.17, 15) is 14.7 Å². The molecule has 1 aliphatic heterocycles. The summed E-state index contributed by atoms with van der Waals surface area (Å²) in [5.74, 6) is 0.112. The lowest BCUT2D eigenvalue weighted by molar-refractivity contribution is 0.0734. The van der Waals surface area contributed by atoms with Gasteiger partial charge >= 0.3 is 0 Å². The largest absolute Gasteiger partial charge is 0.508 e. The topological polar surface area (TPSA) is 60.9 Å². The van der Waals surface area contributed by atoms with Crippen LogP contribution >= 0.6 is 0 Å². The number of aromatic hydroxyl groups is 1. The van der Waals surface area contributed by atoms with Gasteiger partial charge in [-0.15, -0.1) is 0 Å². The van der Waals surface area contributed by atoms with Gasteiger partial charge in [0.2, 0.25) is 0 Å². The molecule has 1 heterocycles. The van der Waals surface area contributed by atoms with Crippen LogP contribution < -0.4 is 0 Å². The highest BCUT2D eigenvalue weighted by Crippen LogP contribution is 2.24. The second-order valence-corrected chi connectivity index (χ2v) is 7.30. The normalized spacial score (nSPS) is 13.1. The molecule has 5 heteroatoms. The van der Waals surface area contributed by atoms with E-state index in [1.165, 1.54) is 5.56 Å². The van der Waals surface area contributed by atoms with Crippen molar-refractivity contribution < 1.29 is 14.7 Å². The van der Waals surface area contributed by atoms with E-state index in [-0.39, 0.29) is 17.6 Å². The van der Waals surface area contributed by atoms with Crippen molar-refractivity contribution in [3.63, 3.8) is 0 Å². The van der Waals surface area contributed by atoms with Crippen LogP contribution in [0.3, 0.4) is 0 Å². The van der Waals surface area contributed by atoms with Crippen molar-refractivity contribution in [2.24, 2.45) is 0 Å². The summed E-state index contributed by atoms with van der Waals surface area (Å²) >= 11 is 0. The van der Waals surface area contributed by atoms with E-state index < -0.39 is 0 Å². The predicted octanol–water partition coefficient (Wildman–Crippen LogP) is 3.85. The molecular weight excluding hydrogens is 352 g/mol. The molecule has 0 unspecified atom stereocenters. The fraction of sp³-hybridized carbons (Fsp3) is 0.391. The summed E-state index contributed by atoms with van der Waals surface area (Å²) in [5, 5.41) is 9.72. The summed E-state index contributed by atoms with van der Waals surface area (Å²) in [6.07, 6.45) is 2.58. The number of fused-ring (bicyclic) bond motifs is 1. The van der Waals surface area contributed by atoms with Crippen LogP contribution in [0.4, 0.5) is 0 Å². The number of hydrogen-bond donors (Lipinski definition) is 1. The third-order valence-electron chi connectivity index (χ3n) is 5.12. The van der Waals surface area contributed by atoms with Crippen LogP contribution in [0.15, 0.2) is 42.5 Å². The fourth-order valence-electron chi connectivity index (χ4n) is 3.72. The lowest BCUT2D eigenvalue weighted by Crippen LogP contribution is -2.36. The molecule has 0 aliphatic carbocycles. The maximum Gasteiger partial charge on any atom is 0.254 e. The third-order valence-corrected chi connectivity index (χ3v) is 5.12. The Morgan fingerprint density at radius 1 is 1.00 bits per heavy atom. The number of phenols is 1. The second-order valence-electron chi connectivity index (χ2n) is 7.30. The number of nitrogens with zero attached hydrogens (tertiary/aromatic N) is 2. The van der Waals surface area contributed by atoms with E-state index in [2.05, 4.69) is 13.8 Å². The Balaban J connectivity index is 1.78. The van der Waals surface area contributed by atoms with Gasteiger partial charge in [0.05, 0.1) is 0 Å². The molecule has 0 atom stereocenters. The van der Waals surface area contributed by atoms with E-state index in [0.29, 0.717) is 24.2 Å². The zero-order valence-corrected chi connectivity index (χ0v) is 16.6. The van der Waals surface area contributed by atoms with Crippen molar-refractivity contribution in [3.05, 3.63) is 64.7 Å². The minimum Gasteiger partial charge on any atom is -0.508 e. The molecule has 148 valence electrons. The van der Waals surface area contributed by atoms with Gasteiger partial charge < -0.3 is 14.9 Å². The monoisotopic (exact) mass is 380 g/mol. The molecule has 5 nitrogen and oxygen atoms in total. The predicted molar refractivity (Wildman–Crippen MR) is 109 cm³/mol. The van der Waals surface area contributed by atoms with E-state index in [0.717, 1.165) is 37.9 Å². The van der Waals surface area contributed by atoms with Crippen LogP contribution in [0.25, 0.3) is 0 Å². The Morgan fingerprint density at radius 3 is 2.43 bits per heavy atom. The molecule has 0 aromatic heterocycles. The minimum absolute atomic E-state index is 0.0211. The first-order valence-electron chi connectivity index (χ1n) is 10.0. The lowest BCUT2D eigenvalue weighted by atomic mass is 9.98. The first-order valence-corrected chi connectivity index (χ1v) is 10.0. The highest BCUT2D eigenvalue weighted by atomic mass is 16.3. The van der Waals surface area contributed by atoms with Crippen LogP contribution in [0, 0.1) is 0 Å². The van der Waals surface area contributed by atoms with Crippen molar-refractivity contribution in [2.45, 2.75) is 39.7 Å². The number of carbonyl (C=O) groups excluding carboxylic acids is 2. The number of phenolic OH excluding ortho intramolecular Hbond substituents is 1. The maximum atomic E-state index is 13.0. The fourth-order valence-corrected chi connectivity index (χ4v) is 3.72. The molecule has 0 saturated carbocycles. The molecular formula is C23H28N2O3. The average molecular weight is 380 g/mol. The lowest BCUT2D eigenvalue weighted by Gasteiger charge is -2.29. The SMILES string of the molecule is CCCN(CCC)C(=O)c1cccc(C(=O)N2CCc3ccc(O)cc3C2)c1. The Bertz CT molecular complexity index is 857. The van der Waals surface area contributed by atoms with Gasteiger partial charge in [0.1, 0.15) is 5.75 Å². The Hall–Kier alpha value is -2.82. The van der Waals surface area contributed by atoms with E-state index in [1.807, 2.05) is 11.0 Å². The third kappa shape index (κ3) is 4.35. The average Bonchev–Trinajstić information content (AvgIpc) is 2.72. The number of amides is 2. The van der Waals surface area contributed by atoms with E-state index in [4.69, 9.17) is 0 Å². The van der Waals surface area contributed by atoms with Gasteiger partial charge in [-0.05, 0) is 60.7 Å². The maximum absolute atomic E-state index is 13.0. The molecule has 0 fully saturated rings. The molecule has 0 radical (unpaired) electrons. The standard InChI is InChI=1S/C23H28N2O3/c1-3-11-24(12-4-2)22(27)18-6-5-7-19(14-18)23(28)25-13-10-17-8-9-21(26)15-20(17)16-25/h5-9,14-15,26H,3-4,10-13,16H2,1-2H3. The van der Waals surface area contributed by atoms with Crippen molar-refractivity contribution in [1.29, 1.82) is 0 Å². The van der Waals surface area contributed by atoms with Crippen LogP contribution in [-0.2, 0) is 13.0 Å². The van der Waals surface area contributed by atoms with Gasteiger partial charge in [-0.25, -0.2) is 0 Å². The summed E-state index contributed by atoms with van der Waals surface area (Å²) in [7, 11) is 0. The van der Waals surface area contributed by atoms with Gasteiger partial charge in [0.15, 0.2) is 0 Å². The van der Waals surface area contributed by atoms with Crippen LogP contribution in [0.2, 0.25) is 0 Å². The molecule has 2 amide bonds. The highest BCUT2D eigenvalue weighted by Gasteiger charge is 2.23. The smallest absolute Gasteiger partial charge is 0.254 e. The number of benzene rings is 2. The Kier molecular flexibility index (Phi) is 6.34. The highest BCUT2D eigenvalue weighted by molar-refractivity contribution is 5.99. The summed E-state index contributed by atoms with van der Waals surface area (Å²) in [6.45, 7) is 6.66. The molecule has 3 rings (SSSR count). The zero-order valence-electron chi connectivity index (χ0n) is 16.6. The summed E-state index contributed by atoms with van der Waals surface area (Å²) in [4.78, 5) is 29.5. The Labute approximate surface area is 166 Å². The van der Waals surface area contributed by atoms with E-state index in [1.54, 1.807) is 41.3 Å². The molecule has 2 aromatic carbocycles. The molecule has 1 N–H and O–H groups in total. The summed E-state index contributed by atoms with van der Waals surface area (Å²) in [6, 6.07) is 12.4. The number of carbonyl (C=O) groups is 2. The minimum atomic E-state index is -0.0822. The molecule has 1 aliphatic rings. The molecule has 0 saturated heterocycles. The Morgan fingerprint density at radius 2 is 1.71 bits per heavy atom. The van der Waals surface area contributed by atoms with Crippen molar-refractivity contribution in [3.8, 4) is 5.75 Å². The van der Waals surface area contributed by atoms with Crippen molar-refractivity contribution in [1.82, 2.24) is 9.80 Å². The van der Waals surface area contributed by atoms with Gasteiger partial charge in [-0.1, -0.05) is 26.0 Å². The van der Waals surface area contributed by atoms with Crippen molar-refractivity contribution in [2.75, 3.05) is 19.6 Å². The van der Waals surface area contributed by atoms with E-state index >= 15 is 0 Å². The molecule has 28 heavy (non-hydrogen) atoms. The number of hydrogen-bond acceptors (Lipinski definition) is 3. The molecule has 0 spiro atoms. The van der Waals surface area contributed by atoms with Crippen molar-refractivity contribution >= 4 is 11.8 Å². The second kappa shape index (κ2) is 8.91. The molecule has 2 aromatic rings. The van der Waals surface area contributed by atoms with Gasteiger partial charge in [0, 0.05) is 37.3 Å². The molecule has 0 bridgehead atoms. The van der Waals surface area contributed by atoms with Crippen LogP contribution in [0.1, 0.15) is 58.5 Å². The number of rotatable bonds is 6. The summed E-state index contributed by atoms with van der Waals surface area (Å²) < 4.78 is 0. The first kappa shape index (κ1) is 19.9. The van der Waals surface area contributed by atoms with Crippen LogP contribution in [0.5, 0.6) is 5.75 Å². The first-order chi connectivity index (χ1) is 13.5. The quantitative estimate of drug-likeness (QED) is 0.828. The van der Waals surface area contributed by atoms with Gasteiger partial charge in [-0.3, -0.25) is 9.59 Å². The zero-order chi connectivity index (χ0) is 20.1. The van der Waals surface area contributed by atoms with Gasteiger partial charge in [-0.2, -0.15) is 0 Å². The summed E-state index contributed by atoms with van der Waals surface area (Å²) in [5.41, 5.74) is 3.23. The van der Waals surface area contributed by atoms with Gasteiger partial charge in [0.25, 0.3) is 11.8 Å².